The molecule has 1 nitrogen and oxygen atoms in total. The summed E-state index contributed by atoms with van der Waals surface area (Å²) >= 11 is 0. The zero-order valence-electron chi connectivity index (χ0n) is 7.97. The quantitative estimate of drug-likeness (QED) is 0.339. The highest BCUT2D eigenvalue weighted by atomic mass is 16.1. The van der Waals surface area contributed by atoms with Crippen molar-refractivity contribution < 1.29 is 4.79 Å². The van der Waals surface area contributed by atoms with Crippen LogP contribution in [-0.2, 0) is 4.79 Å². The van der Waals surface area contributed by atoms with Crippen molar-refractivity contribution in [2.24, 2.45) is 11.3 Å². The topological polar surface area (TPSA) is 17.1 Å². The summed E-state index contributed by atoms with van der Waals surface area (Å²) in [5.41, 5.74) is 1.10. The van der Waals surface area contributed by atoms with Gasteiger partial charge in [-0.05, 0) is 37.5 Å². The summed E-state index contributed by atoms with van der Waals surface area (Å²) in [6.45, 7) is 2.20. The Bertz CT molecular complexity index is 319. The van der Waals surface area contributed by atoms with E-state index in [4.69, 9.17) is 6.42 Å². The average Bonchev–Trinajstić information content (AvgIpc) is 2.67. The second-order valence-corrected chi connectivity index (χ2v) is 4.19. The SMILES string of the molecule is C#CC(=O)[C@]12CCC=C1[C@@H](C)CC2. The molecular formula is C12H14O. The molecule has 0 unspecified atom stereocenters. The van der Waals surface area contributed by atoms with Crippen LogP contribution in [-0.4, -0.2) is 5.78 Å². The van der Waals surface area contributed by atoms with Crippen molar-refractivity contribution in [1.29, 1.82) is 0 Å². The fourth-order valence-corrected chi connectivity index (χ4v) is 2.87. The van der Waals surface area contributed by atoms with Crippen LogP contribution in [0.25, 0.3) is 0 Å². The normalized spacial score (nSPS) is 36.6. The molecule has 1 fully saturated rings. The standard InChI is InChI=1S/C12H14O/c1-3-11(13)12-7-4-5-10(12)9(2)6-8-12/h1,5,9H,4,6-8H2,2H3/t9-,12-/m0/s1. The van der Waals surface area contributed by atoms with E-state index in [0.717, 1.165) is 25.7 Å². The second kappa shape index (κ2) is 2.73. The second-order valence-electron chi connectivity index (χ2n) is 4.19. The van der Waals surface area contributed by atoms with Gasteiger partial charge in [0.25, 0.3) is 0 Å². The lowest BCUT2D eigenvalue weighted by Crippen LogP contribution is -2.26. The van der Waals surface area contributed by atoms with Gasteiger partial charge >= 0.3 is 0 Å². The molecule has 0 aliphatic heterocycles. The number of carbonyl (C=O) groups is 1. The van der Waals surface area contributed by atoms with E-state index >= 15 is 0 Å². The number of hydrogen-bond donors (Lipinski definition) is 0. The minimum Gasteiger partial charge on any atom is -0.284 e. The largest absolute Gasteiger partial charge is 0.284 e. The highest BCUT2D eigenvalue weighted by Crippen LogP contribution is 2.53. The number of terminal acetylenes is 1. The molecule has 0 radical (unpaired) electrons. The fourth-order valence-electron chi connectivity index (χ4n) is 2.87. The van der Waals surface area contributed by atoms with Gasteiger partial charge in [0.05, 0.1) is 5.41 Å². The van der Waals surface area contributed by atoms with Gasteiger partial charge in [0.1, 0.15) is 0 Å². The molecule has 2 rings (SSSR count). The summed E-state index contributed by atoms with van der Waals surface area (Å²) in [5, 5.41) is 0. The predicted octanol–water partition coefficient (Wildman–Crippen LogP) is 2.33. The molecular weight excluding hydrogens is 160 g/mol. The first-order valence-corrected chi connectivity index (χ1v) is 4.92. The van der Waals surface area contributed by atoms with E-state index in [2.05, 4.69) is 18.9 Å². The molecule has 0 aromatic heterocycles. The van der Waals surface area contributed by atoms with Crippen LogP contribution in [0.3, 0.4) is 0 Å². The molecule has 0 spiro atoms. The molecule has 13 heavy (non-hydrogen) atoms. The maximum absolute atomic E-state index is 11.7. The van der Waals surface area contributed by atoms with Crippen molar-refractivity contribution >= 4 is 5.78 Å². The van der Waals surface area contributed by atoms with E-state index in [-0.39, 0.29) is 11.2 Å². The molecule has 68 valence electrons. The lowest BCUT2D eigenvalue weighted by molar-refractivity contribution is -0.120. The van der Waals surface area contributed by atoms with Gasteiger partial charge in [-0.2, -0.15) is 0 Å². The molecule has 0 N–H and O–H groups in total. The highest BCUT2D eigenvalue weighted by Gasteiger charge is 2.48. The number of allylic oxidation sites excluding steroid dienone is 2. The molecule has 2 atom stereocenters. The minimum atomic E-state index is -0.228. The van der Waals surface area contributed by atoms with E-state index in [9.17, 15) is 4.79 Å². The van der Waals surface area contributed by atoms with Crippen molar-refractivity contribution in [3.8, 4) is 12.3 Å². The Morgan fingerprint density at radius 2 is 2.46 bits per heavy atom. The van der Waals surface area contributed by atoms with Gasteiger partial charge in [0.15, 0.2) is 0 Å². The Morgan fingerprint density at radius 3 is 3.15 bits per heavy atom. The first-order valence-electron chi connectivity index (χ1n) is 4.92. The smallest absolute Gasteiger partial charge is 0.215 e. The summed E-state index contributed by atoms with van der Waals surface area (Å²) in [7, 11) is 0. The summed E-state index contributed by atoms with van der Waals surface area (Å²) in [5.74, 6) is 2.89. The average molecular weight is 174 g/mol. The zero-order chi connectivity index (χ0) is 9.47. The Hall–Kier alpha value is -1.03. The van der Waals surface area contributed by atoms with Crippen LogP contribution in [0.15, 0.2) is 11.6 Å². The Labute approximate surface area is 79.2 Å². The molecule has 2 aliphatic carbocycles. The molecule has 0 aromatic rings. The minimum absolute atomic E-state index is 0.0144. The lowest BCUT2D eigenvalue weighted by atomic mass is 9.78. The number of carbonyl (C=O) groups excluding carboxylic acids is 1. The van der Waals surface area contributed by atoms with Crippen LogP contribution < -0.4 is 0 Å². The molecule has 1 saturated carbocycles. The molecule has 1 heteroatoms. The molecule has 0 amide bonds. The maximum Gasteiger partial charge on any atom is 0.215 e. The molecule has 0 saturated heterocycles. The highest BCUT2D eigenvalue weighted by molar-refractivity contribution is 6.02. The van der Waals surface area contributed by atoms with Gasteiger partial charge in [0.2, 0.25) is 5.78 Å². The van der Waals surface area contributed by atoms with Crippen LogP contribution in [0, 0.1) is 23.7 Å². The number of fused-ring (bicyclic) bond motifs is 1. The van der Waals surface area contributed by atoms with Gasteiger partial charge in [-0.1, -0.05) is 18.6 Å². The van der Waals surface area contributed by atoms with Gasteiger partial charge in [-0.15, -0.1) is 6.42 Å². The van der Waals surface area contributed by atoms with Crippen LogP contribution in [0.4, 0.5) is 0 Å². The van der Waals surface area contributed by atoms with Gasteiger partial charge in [0, 0.05) is 0 Å². The first-order chi connectivity index (χ1) is 6.20. The predicted molar refractivity (Wildman–Crippen MR) is 52.0 cm³/mol. The summed E-state index contributed by atoms with van der Waals surface area (Å²) in [4.78, 5) is 11.7. The first kappa shape index (κ1) is 8.56. The number of ketones is 1. The van der Waals surface area contributed by atoms with E-state index in [1.807, 2.05) is 0 Å². The molecule has 0 heterocycles. The number of hydrogen-bond acceptors (Lipinski definition) is 1. The third kappa shape index (κ3) is 0.983. The fraction of sp³-hybridized carbons (Fsp3) is 0.583. The van der Waals surface area contributed by atoms with Gasteiger partial charge in [-0.25, -0.2) is 0 Å². The zero-order valence-corrected chi connectivity index (χ0v) is 7.97. The third-order valence-electron chi connectivity index (χ3n) is 3.59. The number of rotatable bonds is 1. The monoisotopic (exact) mass is 174 g/mol. The molecule has 2 aliphatic rings. The van der Waals surface area contributed by atoms with Crippen LogP contribution in [0.2, 0.25) is 0 Å². The van der Waals surface area contributed by atoms with Gasteiger partial charge < -0.3 is 0 Å². The van der Waals surface area contributed by atoms with E-state index in [1.165, 1.54) is 5.57 Å². The maximum atomic E-state index is 11.7. The van der Waals surface area contributed by atoms with Crippen molar-refractivity contribution in [2.75, 3.05) is 0 Å². The van der Waals surface area contributed by atoms with E-state index in [1.54, 1.807) is 0 Å². The van der Waals surface area contributed by atoms with Crippen LogP contribution >= 0.6 is 0 Å². The van der Waals surface area contributed by atoms with Gasteiger partial charge in [-0.3, -0.25) is 4.79 Å². The number of Topliss-reactive ketones (excluding diaryl/α,β-unsaturated/α-hetero) is 1. The Kier molecular flexibility index (Phi) is 1.80. The van der Waals surface area contributed by atoms with Crippen LogP contribution in [0.1, 0.15) is 32.6 Å². The summed E-state index contributed by atoms with van der Waals surface area (Å²) in [6, 6.07) is 0. The molecule has 0 aromatic carbocycles. The summed E-state index contributed by atoms with van der Waals surface area (Å²) < 4.78 is 0. The van der Waals surface area contributed by atoms with Crippen molar-refractivity contribution in [1.82, 2.24) is 0 Å². The van der Waals surface area contributed by atoms with Crippen molar-refractivity contribution in [3.63, 3.8) is 0 Å². The Balaban J connectivity index is 2.40. The van der Waals surface area contributed by atoms with E-state index < -0.39 is 0 Å². The molecule has 0 bridgehead atoms. The Morgan fingerprint density at radius 1 is 1.69 bits per heavy atom. The third-order valence-corrected chi connectivity index (χ3v) is 3.59. The summed E-state index contributed by atoms with van der Waals surface area (Å²) in [6.07, 6.45) is 11.5. The van der Waals surface area contributed by atoms with Crippen molar-refractivity contribution in [2.45, 2.75) is 32.6 Å². The van der Waals surface area contributed by atoms with Crippen LogP contribution in [0.5, 0.6) is 0 Å². The van der Waals surface area contributed by atoms with E-state index in [0.29, 0.717) is 5.92 Å². The lowest BCUT2D eigenvalue weighted by Gasteiger charge is -2.22. The van der Waals surface area contributed by atoms with Crippen molar-refractivity contribution in [3.05, 3.63) is 11.6 Å².